The molecule has 3 rings (SSSR count). The number of carbonyl (C=O) groups is 1. The summed E-state index contributed by atoms with van der Waals surface area (Å²) in [5, 5.41) is 2.20. The zero-order valence-electron chi connectivity index (χ0n) is 15.2. The van der Waals surface area contributed by atoms with Gasteiger partial charge in [-0.2, -0.15) is 0 Å². The Labute approximate surface area is 163 Å². The fourth-order valence-corrected chi connectivity index (χ4v) is 7.21. The largest absolute Gasteiger partial charge is 0.377 e. The van der Waals surface area contributed by atoms with Gasteiger partial charge in [-0.3, -0.25) is 4.79 Å². The fraction of sp³-hybridized carbons (Fsp3) is 0.174. The zero-order valence-corrected chi connectivity index (χ0v) is 17.0. The maximum atomic E-state index is 12.6. The molecule has 27 heavy (non-hydrogen) atoms. The predicted molar refractivity (Wildman–Crippen MR) is 117 cm³/mol. The van der Waals surface area contributed by atoms with Gasteiger partial charge < -0.3 is 0 Å². The Kier molecular flexibility index (Phi) is 7.45. The van der Waals surface area contributed by atoms with Gasteiger partial charge in [0.2, 0.25) is 0 Å². The minimum atomic E-state index is -1.39. The summed E-state index contributed by atoms with van der Waals surface area (Å²) in [6.45, 7) is 0. The van der Waals surface area contributed by atoms with Crippen molar-refractivity contribution < 1.29 is 9.36 Å². The second-order valence-corrected chi connectivity index (χ2v) is 10.5. The van der Waals surface area contributed by atoms with E-state index in [1.807, 2.05) is 78.9 Å². The van der Waals surface area contributed by atoms with E-state index < -0.39 is 15.7 Å². The molecule has 0 bridgehead atoms. The van der Waals surface area contributed by atoms with Crippen molar-refractivity contribution >= 4 is 32.1 Å². The standard InChI is InChI=1S/C23H23O2P2/c24-23(20-10-4-1-5-11-20)16-17-26(21-12-6-2-7-13-21)18-19-27(25)22-14-8-3-9-15-22/h1-15H,16-19H2/q+1. The molecule has 0 spiro atoms. The molecule has 2 unspecified atom stereocenters. The summed E-state index contributed by atoms with van der Waals surface area (Å²) in [4.78, 5) is 12.5. The molecular weight excluding hydrogens is 370 g/mol. The number of ketones is 1. The second kappa shape index (κ2) is 10.3. The normalized spacial score (nSPS) is 12.4. The van der Waals surface area contributed by atoms with Crippen molar-refractivity contribution in [3.63, 3.8) is 0 Å². The number of benzene rings is 3. The van der Waals surface area contributed by atoms with Crippen LogP contribution in [-0.4, -0.2) is 24.3 Å². The molecule has 0 aromatic heterocycles. The quantitative estimate of drug-likeness (QED) is 0.369. The van der Waals surface area contributed by atoms with E-state index in [0.717, 1.165) is 23.2 Å². The first-order chi connectivity index (χ1) is 13.2. The number of Topliss-reactive ketones (excluding diaryl/α,β-unsaturated/α-hetero) is 1. The summed E-state index contributed by atoms with van der Waals surface area (Å²) in [5.74, 6) is 0.187. The smallest absolute Gasteiger partial charge is 0.294 e. The summed E-state index contributed by atoms with van der Waals surface area (Å²) in [6.07, 6.45) is 2.92. The van der Waals surface area contributed by atoms with Gasteiger partial charge in [-0.15, -0.1) is 0 Å². The van der Waals surface area contributed by atoms with Crippen molar-refractivity contribution in [3.05, 3.63) is 96.6 Å². The van der Waals surface area contributed by atoms with Crippen LogP contribution >= 0.6 is 15.7 Å². The van der Waals surface area contributed by atoms with Crippen molar-refractivity contribution in [1.29, 1.82) is 0 Å². The second-order valence-electron chi connectivity index (χ2n) is 6.30. The van der Waals surface area contributed by atoms with Gasteiger partial charge in [-0.05, 0) is 23.6 Å². The van der Waals surface area contributed by atoms with Crippen LogP contribution in [0.4, 0.5) is 0 Å². The van der Waals surface area contributed by atoms with E-state index in [2.05, 4.69) is 12.1 Å². The third kappa shape index (κ3) is 5.93. The molecular formula is C23H23O2P2+. The van der Waals surface area contributed by atoms with E-state index in [-0.39, 0.29) is 5.78 Å². The van der Waals surface area contributed by atoms with Crippen LogP contribution in [0.25, 0.3) is 0 Å². The van der Waals surface area contributed by atoms with E-state index >= 15 is 0 Å². The molecule has 0 radical (unpaired) electrons. The first-order valence-corrected chi connectivity index (χ1v) is 12.3. The minimum Gasteiger partial charge on any atom is -0.294 e. The highest BCUT2D eigenvalue weighted by atomic mass is 31.1. The Hall–Kier alpha value is -2.14. The molecule has 2 nitrogen and oxygen atoms in total. The molecule has 2 atom stereocenters. The van der Waals surface area contributed by atoms with Gasteiger partial charge in [0, 0.05) is 18.1 Å². The molecule has 4 heteroatoms. The van der Waals surface area contributed by atoms with Gasteiger partial charge in [0.15, 0.2) is 17.2 Å². The summed E-state index contributed by atoms with van der Waals surface area (Å²) in [7, 11) is -1.89. The molecule has 0 aliphatic carbocycles. The van der Waals surface area contributed by atoms with Gasteiger partial charge in [0.05, 0.1) is 0 Å². The van der Waals surface area contributed by atoms with Crippen molar-refractivity contribution in [2.45, 2.75) is 6.42 Å². The van der Waals surface area contributed by atoms with Crippen molar-refractivity contribution in [1.82, 2.24) is 0 Å². The maximum Gasteiger partial charge on any atom is 0.377 e. The monoisotopic (exact) mass is 393 g/mol. The van der Waals surface area contributed by atoms with Crippen molar-refractivity contribution in [2.24, 2.45) is 0 Å². The Balaban J connectivity index is 1.65. The van der Waals surface area contributed by atoms with Crippen LogP contribution < -0.4 is 10.6 Å². The SMILES string of the molecule is O=C(CCP(CC[P+](=O)c1ccccc1)c1ccccc1)c1ccccc1. The first kappa shape index (κ1) is 19.6. The summed E-state index contributed by atoms with van der Waals surface area (Å²) < 4.78 is 12.6. The van der Waals surface area contributed by atoms with Crippen molar-refractivity contribution in [2.75, 3.05) is 18.5 Å². The van der Waals surface area contributed by atoms with Crippen LogP contribution in [0.1, 0.15) is 16.8 Å². The Morgan fingerprint density at radius 2 is 1.30 bits per heavy atom. The lowest BCUT2D eigenvalue weighted by Gasteiger charge is -2.16. The van der Waals surface area contributed by atoms with E-state index in [1.54, 1.807) is 0 Å². The van der Waals surface area contributed by atoms with Crippen LogP contribution in [0.5, 0.6) is 0 Å². The van der Waals surface area contributed by atoms with Gasteiger partial charge in [-0.1, -0.05) is 91.3 Å². The van der Waals surface area contributed by atoms with Crippen molar-refractivity contribution in [3.8, 4) is 0 Å². The van der Waals surface area contributed by atoms with Crippen LogP contribution in [0.3, 0.4) is 0 Å². The molecule has 3 aromatic carbocycles. The Bertz CT molecular complexity index is 809. The summed E-state index contributed by atoms with van der Waals surface area (Å²) in [6, 6.07) is 29.5. The number of hydrogen-bond acceptors (Lipinski definition) is 2. The van der Waals surface area contributed by atoms with Crippen LogP contribution in [-0.2, 0) is 4.57 Å². The molecule has 0 N–H and O–H groups in total. The highest BCUT2D eigenvalue weighted by molar-refractivity contribution is 7.66. The lowest BCUT2D eigenvalue weighted by atomic mass is 10.1. The van der Waals surface area contributed by atoms with E-state index in [9.17, 15) is 9.36 Å². The number of rotatable bonds is 9. The van der Waals surface area contributed by atoms with E-state index in [0.29, 0.717) is 12.6 Å². The van der Waals surface area contributed by atoms with Crippen LogP contribution in [0, 0.1) is 0 Å². The number of carbonyl (C=O) groups excluding carboxylic acids is 1. The fourth-order valence-electron chi connectivity index (χ4n) is 2.95. The predicted octanol–water partition coefficient (Wildman–Crippen LogP) is 5.22. The number of hydrogen-bond donors (Lipinski definition) is 0. The van der Waals surface area contributed by atoms with Crippen LogP contribution in [0.15, 0.2) is 91.0 Å². The average molecular weight is 393 g/mol. The zero-order chi connectivity index (χ0) is 18.9. The van der Waals surface area contributed by atoms with Gasteiger partial charge in [-0.25, -0.2) is 0 Å². The lowest BCUT2D eigenvalue weighted by Crippen LogP contribution is -2.11. The van der Waals surface area contributed by atoms with Gasteiger partial charge >= 0.3 is 7.80 Å². The molecule has 0 fully saturated rings. The molecule has 0 aliphatic heterocycles. The molecule has 0 saturated heterocycles. The molecule has 0 aliphatic rings. The summed E-state index contributed by atoms with van der Waals surface area (Å²) >= 11 is 0. The average Bonchev–Trinajstić information content (AvgIpc) is 2.75. The summed E-state index contributed by atoms with van der Waals surface area (Å²) in [5.41, 5.74) is 0.774. The van der Waals surface area contributed by atoms with E-state index in [1.165, 1.54) is 5.30 Å². The third-order valence-electron chi connectivity index (χ3n) is 4.44. The topological polar surface area (TPSA) is 34.1 Å². The molecule has 0 heterocycles. The molecule has 0 amide bonds. The first-order valence-electron chi connectivity index (χ1n) is 9.12. The highest BCUT2D eigenvalue weighted by Gasteiger charge is 2.22. The van der Waals surface area contributed by atoms with Gasteiger partial charge in [0.1, 0.15) is 0 Å². The Morgan fingerprint density at radius 3 is 1.93 bits per heavy atom. The van der Waals surface area contributed by atoms with Gasteiger partial charge in [0.25, 0.3) is 0 Å². The lowest BCUT2D eigenvalue weighted by molar-refractivity contribution is 0.0989. The molecule has 3 aromatic rings. The molecule has 136 valence electrons. The highest BCUT2D eigenvalue weighted by Crippen LogP contribution is 2.38. The van der Waals surface area contributed by atoms with E-state index in [4.69, 9.17) is 0 Å². The third-order valence-corrected chi connectivity index (χ3v) is 8.86. The molecule has 0 saturated carbocycles. The Morgan fingerprint density at radius 1 is 0.741 bits per heavy atom. The minimum absolute atomic E-state index is 0.187. The maximum absolute atomic E-state index is 12.6. The van der Waals surface area contributed by atoms with Crippen LogP contribution in [0.2, 0.25) is 0 Å².